The number of nitrogens with two attached hydrogens (primary N) is 1. The standard InChI is InChI=1S/C29H24FN3O4/c1-36-22-12-8-19(15-23(22)37-2)25-26(27(34)17-6-4-3-5-7-17)33-21-11-10-20(30)14-18(21)9-13-24(33)29(25,16-31)28(32)35/h3-15,24-26H,1-2H3,(H2,32,35)/t24-,25-,26-,29+/m1/s1. The number of primary amides is 1. The van der Waals surface area contributed by atoms with Crippen molar-refractivity contribution in [2.75, 3.05) is 19.1 Å². The molecular weight excluding hydrogens is 473 g/mol. The van der Waals surface area contributed by atoms with Gasteiger partial charge in [0, 0.05) is 22.7 Å². The molecule has 7 nitrogen and oxygen atoms in total. The van der Waals surface area contributed by atoms with Crippen LogP contribution in [0.25, 0.3) is 6.08 Å². The number of anilines is 1. The maximum atomic E-state index is 14.2. The van der Waals surface area contributed by atoms with Crippen LogP contribution in [0.1, 0.15) is 27.4 Å². The van der Waals surface area contributed by atoms with Crippen LogP contribution in [-0.2, 0) is 4.79 Å². The van der Waals surface area contributed by atoms with Gasteiger partial charge in [0.25, 0.3) is 0 Å². The van der Waals surface area contributed by atoms with E-state index in [1.807, 2.05) is 0 Å². The molecule has 5 rings (SSSR count). The topological polar surface area (TPSA) is 106 Å². The fourth-order valence-electron chi connectivity index (χ4n) is 5.65. The SMILES string of the molecule is COc1ccc([C@@H]2[C@H](C(=O)c3ccccc3)N3c4ccc(F)cc4C=C[C@@H]3[C@]2(C#N)C(N)=O)cc1OC. The average molecular weight is 498 g/mol. The largest absolute Gasteiger partial charge is 0.493 e. The van der Waals surface area contributed by atoms with E-state index in [-0.39, 0.29) is 5.78 Å². The Morgan fingerprint density at radius 1 is 1.03 bits per heavy atom. The molecule has 0 bridgehead atoms. The van der Waals surface area contributed by atoms with Crippen LogP contribution < -0.4 is 20.1 Å². The summed E-state index contributed by atoms with van der Waals surface area (Å²) in [4.78, 5) is 29.2. The number of nitriles is 1. The zero-order valence-corrected chi connectivity index (χ0v) is 20.2. The second kappa shape index (κ2) is 9.10. The first-order valence-corrected chi connectivity index (χ1v) is 11.7. The second-order valence-corrected chi connectivity index (χ2v) is 9.03. The number of fused-ring (bicyclic) bond motifs is 3. The Morgan fingerprint density at radius 3 is 2.41 bits per heavy atom. The Morgan fingerprint density at radius 2 is 1.76 bits per heavy atom. The van der Waals surface area contributed by atoms with Crippen molar-refractivity contribution in [1.29, 1.82) is 5.26 Å². The smallest absolute Gasteiger partial charge is 0.241 e. The van der Waals surface area contributed by atoms with Crippen molar-refractivity contribution in [2.45, 2.75) is 18.0 Å². The summed E-state index contributed by atoms with van der Waals surface area (Å²) in [5.74, 6) is -1.74. The van der Waals surface area contributed by atoms with E-state index in [9.17, 15) is 19.2 Å². The third kappa shape index (κ3) is 3.54. The molecule has 4 atom stereocenters. The Balaban J connectivity index is 1.82. The van der Waals surface area contributed by atoms with E-state index >= 15 is 0 Å². The van der Waals surface area contributed by atoms with Gasteiger partial charge in [0.1, 0.15) is 11.9 Å². The minimum atomic E-state index is -1.82. The van der Waals surface area contributed by atoms with Gasteiger partial charge in [-0.2, -0.15) is 5.26 Å². The summed E-state index contributed by atoms with van der Waals surface area (Å²) < 4.78 is 25.0. The number of nitrogens with zero attached hydrogens (tertiary/aromatic N) is 2. The molecule has 37 heavy (non-hydrogen) atoms. The Kier molecular flexibility index (Phi) is 5.92. The summed E-state index contributed by atoms with van der Waals surface area (Å²) in [6.45, 7) is 0. The molecule has 2 N–H and O–H groups in total. The molecule has 3 aromatic rings. The highest BCUT2D eigenvalue weighted by Gasteiger charge is 2.65. The molecular formula is C29H24FN3O4. The number of carbonyl (C=O) groups excluding carboxylic acids is 2. The third-order valence-electron chi connectivity index (χ3n) is 7.28. The van der Waals surface area contributed by atoms with Crippen LogP contribution in [0.2, 0.25) is 0 Å². The molecule has 1 fully saturated rings. The van der Waals surface area contributed by atoms with Gasteiger partial charge >= 0.3 is 0 Å². The molecule has 2 aliphatic rings. The minimum Gasteiger partial charge on any atom is -0.493 e. The molecule has 2 aliphatic heterocycles. The van der Waals surface area contributed by atoms with Crippen molar-refractivity contribution < 1.29 is 23.5 Å². The highest BCUT2D eigenvalue weighted by atomic mass is 19.1. The number of hydrogen-bond donors (Lipinski definition) is 1. The van der Waals surface area contributed by atoms with Gasteiger partial charge in [-0.3, -0.25) is 9.59 Å². The number of Topliss-reactive ketones (excluding diaryl/α,β-unsaturated/α-hetero) is 1. The highest BCUT2D eigenvalue weighted by molar-refractivity contribution is 6.06. The summed E-state index contributed by atoms with van der Waals surface area (Å²) in [7, 11) is 2.98. The summed E-state index contributed by atoms with van der Waals surface area (Å²) in [6.07, 6.45) is 3.32. The normalized spacial score (nSPS) is 23.5. The van der Waals surface area contributed by atoms with Crippen LogP contribution in [0.3, 0.4) is 0 Å². The van der Waals surface area contributed by atoms with E-state index in [0.717, 1.165) is 0 Å². The quantitative estimate of drug-likeness (QED) is 0.515. The predicted molar refractivity (Wildman–Crippen MR) is 136 cm³/mol. The van der Waals surface area contributed by atoms with Crippen LogP contribution in [0.4, 0.5) is 10.1 Å². The lowest BCUT2D eigenvalue weighted by Gasteiger charge is -2.36. The van der Waals surface area contributed by atoms with Crippen molar-refractivity contribution in [2.24, 2.45) is 11.1 Å². The third-order valence-corrected chi connectivity index (χ3v) is 7.28. The number of carbonyl (C=O) groups is 2. The summed E-state index contributed by atoms with van der Waals surface area (Å²) in [6, 6.07) is 18.2. The Hall–Kier alpha value is -4.64. The Labute approximate surface area is 213 Å². The van der Waals surface area contributed by atoms with Gasteiger partial charge in [-0.15, -0.1) is 0 Å². The monoisotopic (exact) mass is 497 g/mol. The lowest BCUT2D eigenvalue weighted by atomic mass is 9.67. The first kappa shape index (κ1) is 24.1. The number of rotatable bonds is 6. The lowest BCUT2D eigenvalue weighted by Crippen LogP contribution is -2.49. The number of benzene rings is 3. The van der Waals surface area contributed by atoms with E-state index < -0.39 is 35.1 Å². The molecule has 0 radical (unpaired) electrons. The average Bonchev–Trinajstić information content (AvgIpc) is 3.24. The zero-order chi connectivity index (χ0) is 26.3. The summed E-state index contributed by atoms with van der Waals surface area (Å²) in [5.41, 5.74) is 6.17. The van der Waals surface area contributed by atoms with E-state index in [0.29, 0.717) is 33.9 Å². The van der Waals surface area contributed by atoms with Crippen molar-refractivity contribution in [1.82, 2.24) is 0 Å². The molecule has 0 saturated carbocycles. The Bertz CT molecular complexity index is 1470. The number of halogens is 1. The van der Waals surface area contributed by atoms with E-state index in [1.165, 1.54) is 26.4 Å². The van der Waals surface area contributed by atoms with Crippen molar-refractivity contribution in [3.63, 3.8) is 0 Å². The molecule has 186 valence electrons. The zero-order valence-electron chi connectivity index (χ0n) is 20.2. The van der Waals surface area contributed by atoms with Crippen molar-refractivity contribution in [3.8, 4) is 17.6 Å². The molecule has 1 amide bonds. The van der Waals surface area contributed by atoms with Crippen LogP contribution in [0, 0.1) is 22.6 Å². The van der Waals surface area contributed by atoms with Gasteiger partial charge < -0.3 is 20.1 Å². The number of ketones is 1. The molecule has 0 unspecified atom stereocenters. The maximum absolute atomic E-state index is 14.2. The van der Waals surface area contributed by atoms with Crippen LogP contribution in [0.15, 0.2) is 72.8 Å². The number of amides is 1. The van der Waals surface area contributed by atoms with Gasteiger partial charge in [-0.1, -0.05) is 48.6 Å². The summed E-state index contributed by atoms with van der Waals surface area (Å²) in [5, 5.41) is 10.6. The fraction of sp³-hybridized carbons (Fsp3) is 0.207. The van der Waals surface area contributed by atoms with E-state index in [1.54, 1.807) is 71.6 Å². The minimum absolute atomic E-state index is 0.297. The first-order valence-electron chi connectivity index (χ1n) is 11.7. The second-order valence-electron chi connectivity index (χ2n) is 9.03. The van der Waals surface area contributed by atoms with Crippen LogP contribution in [-0.4, -0.2) is 38.0 Å². The molecule has 0 aliphatic carbocycles. The van der Waals surface area contributed by atoms with Crippen molar-refractivity contribution >= 4 is 23.5 Å². The maximum Gasteiger partial charge on any atom is 0.241 e. The molecule has 0 aromatic heterocycles. The molecule has 0 spiro atoms. The molecule has 8 heteroatoms. The van der Waals surface area contributed by atoms with Crippen molar-refractivity contribution in [3.05, 3.63) is 95.3 Å². The molecule has 1 saturated heterocycles. The molecule has 2 heterocycles. The van der Waals surface area contributed by atoms with E-state index in [4.69, 9.17) is 15.2 Å². The summed E-state index contributed by atoms with van der Waals surface area (Å²) >= 11 is 0. The van der Waals surface area contributed by atoms with Crippen LogP contribution >= 0.6 is 0 Å². The van der Waals surface area contributed by atoms with Gasteiger partial charge in [-0.25, -0.2) is 4.39 Å². The van der Waals surface area contributed by atoms with Gasteiger partial charge in [0.15, 0.2) is 22.7 Å². The predicted octanol–water partition coefficient (Wildman–Crippen LogP) is 4.09. The van der Waals surface area contributed by atoms with Gasteiger partial charge in [-0.05, 0) is 35.9 Å². The van der Waals surface area contributed by atoms with Gasteiger partial charge in [0.05, 0.1) is 26.3 Å². The number of hydrogen-bond acceptors (Lipinski definition) is 6. The number of ether oxygens (including phenoxy) is 2. The molecule has 3 aromatic carbocycles. The van der Waals surface area contributed by atoms with Gasteiger partial charge in [0.2, 0.25) is 5.91 Å². The highest BCUT2D eigenvalue weighted by Crippen LogP contribution is 2.56. The first-order chi connectivity index (χ1) is 17.9. The fourth-order valence-corrected chi connectivity index (χ4v) is 5.65. The van der Waals surface area contributed by atoms with E-state index in [2.05, 4.69) is 6.07 Å². The van der Waals surface area contributed by atoms with Crippen LogP contribution in [0.5, 0.6) is 11.5 Å². The lowest BCUT2D eigenvalue weighted by molar-refractivity contribution is -0.125. The number of methoxy groups -OCH3 is 2.